The molecule has 0 N–H and O–H groups in total. The van der Waals surface area contributed by atoms with Gasteiger partial charge in [0, 0.05) is 5.56 Å². The molecule has 2 nitrogen and oxygen atoms in total. The third kappa shape index (κ3) is 2.76. The lowest BCUT2D eigenvalue weighted by atomic mass is 9.82. The van der Waals surface area contributed by atoms with Crippen molar-refractivity contribution < 1.29 is 4.68 Å². The molecule has 1 aromatic heterocycles. The van der Waals surface area contributed by atoms with Crippen LogP contribution >= 0.6 is 0 Å². The topological polar surface area (TPSA) is 16.8 Å². The molecule has 1 aromatic carbocycles. The van der Waals surface area contributed by atoms with Gasteiger partial charge in [0.25, 0.3) is 0 Å². The predicted octanol–water partition coefficient (Wildman–Crippen LogP) is 5.11. The molecule has 2 rings (SSSR count). The van der Waals surface area contributed by atoms with E-state index in [-0.39, 0.29) is 0 Å². The van der Waals surface area contributed by atoms with Crippen molar-refractivity contribution in [2.45, 2.75) is 74.7 Å². The van der Waals surface area contributed by atoms with Crippen LogP contribution in [-0.4, -0.2) is 5.10 Å². The maximum Gasteiger partial charge on any atom is 0.242 e. The van der Waals surface area contributed by atoms with Gasteiger partial charge in [-0.15, -0.1) is 0 Å². The summed E-state index contributed by atoms with van der Waals surface area (Å²) in [5.41, 5.74) is 13.7. The molecule has 2 aromatic rings. The second kappa shape index (κ2) is 6.66. The molecule has 0 atom stereocenters. The molecular formula is C22H33N2+. The van der Waals surface area contributed by atoms with E-state index in [2.05, 4.69) is 74.0 Å². The first-order valence-electron chi connectivity index (χ1n) is 9.10. The predicted molar refractivity (Wildman–Crippen MR) is 103 cm³/mol. The van der Waals surface area contributed by atoms with Crippen molar-refractivity contribution in [1.82, 2.24) is 5.10 Å². The summed E-state index contributed by atoms with van der Waals surface area (Å²) in [7, 11) is 2.09. The van der Waals surface area contributed by atoms with Gasteiger partial charge in [0.15, 0.2) is 7.05 Å². The summed E-state index contributed by atoms with van der Waals surface area (Å²) < 4.78 is 2.09. The number of benzene rings is 1. The van der Waals surface area contributed by atoms with E-state index in [1.54, 1.807) is 0 Å². The first-order chi connectivity index (χ1) is 11.1. The van der Waals surface area contributed by atoms with Crippen molar-refractivity contribution >= 4 is 0 Å². The number of hydrogen-bond donors (Lipinski definition) is 0. The van der Waals surface area contributed by atoms with E-state index in [4.69, 9.17) is 5.10 Å². The Morgan fingerprint density at radius 3 is 1.92 bits per heavy atom. The zero-order valence-corrected chi connectivity index (χ0v) is 17.2. The van der Waals surface area contributed by atoms with Crippen LogP contribution in [-0.2, 0) is 13.5 Å². The second-order valence-corrected chi connectivity index (χ2v) is 7.46. The summed E-state index contributed by atoms with van der Waals surface area (Å²) >= 11 is 0. The Balaban J connectivity index is 3.02. The third-order valence-corrected chi connectivity index (χ3v) is 5.76. The van der Waals surface area contributed by atoms with Crippen LogP contribution in [0.3, 0.4) is 0 Å². The van der Waals surface area contributed by atoms with Crippen molar-refractivity contribution in [2.75, 3.05) is 0 Å². The normalized spacial score (nSPS) is 11.5. The molecule has 0 aliphatic carbocycles. The van der Waals surface area contributed by atoms with Crippen LogP contribution in [0.15, 0.2) is 0 Å². The number of aromatic nitrogens is 2. The van der Waals surface area contributed by atoms with Crippen molar-refractivity contribution in [2.24, 2.45) is 7.05 Å². The molecule has 0 bridgehead atoms. The number of hydrogen-bond acceptors (Lipinski definition) is 1. The Morgan fingerprint density at radius 1 is 0.833 bits per heavy atom. The second-order valence-electron chi connectivity index (χ2n) is 7.46. The zero-order valence-electron chi connectivity index (χ0n) is 17.2. The lowest BCUT2D eigenvalue weighted by Gasteiger charge is -2.22. The smallest absolute Gasteiger partial charge is 0.0859 e. The third-order valence-electron chi connectivity index (χ3n) is 5.76. The Bertz CT molecular complexity index is 799. The lowest BCUT2D eigenvalue weighted by molar-refractivity contribution is -0.721. The summed E-state index contributed by atoms with van der Waals surface area (Å²) in [5.74, 6) is 0.526. The van der Waals surface area contributed by atoms with E-state index in [0.717, 1.165) is 12.1 Å². The molecule has 0 amide bonds. The van der Waals surface area contributed by atoms with Crippen LogP contribution in [0, 0.1) is 41.5 Å². The van der Waals surface area contributed by atoms with E-state index in [1.807, 2.05) is 0 Å². The van der Waals surface area contributed by atoms with Gasteiger partial charge < -0.3 is 0 Å². The maximum atomic E-state index is 4.78. The van der Waals surface area contributed by atoms with E-state index >= 15 is 0 Å². The Hall–Kier alpha value is -1.70. The van der Waals surface area contributed by atoms with Gasteiger partial charge in [-0.05, 0) is 92.4 Å². The summed E-state index contributed by atoms with van der Waals surface area (Å²) in [6.45, 7) is 20.3. The molecule has 0 fully saturated rings. The van der Waals surface area contributed by atoms with Crippen LogP contribution in [0.4, 0.5) is 0 Å². The van der Waals surface area contributed by atoms with Gasteiger partial charge in [-0.1, -0.05) is 25.5 Å². The Labute approximate surface area is 147 Å². The first kappa shape index (κ1) is 18.6. The van der Waals surface area contributed by atoms with Gasteiger partial charge in [-0.25, -0.2) is 0 Å². The van der Waals surface area contributed by atoms with Gasteiger partial charge in [0.05, 0.1) is 5.56 Å². The van der Waals surface area contributed by atoms with E-state index in [0.29, 0.717) is 5.92 Å². The first-order valence-corrected chi connectivity index (χ1v) is 9.10. The molecule has 24 heavy (non-hydrogen) atoms. The number of rotatable bonds is 3. The lowest BCUT2D eigenvalue weighted by Crippen LogP contribution is -2.39. The van der Waals surface area contributed by atoms with Crippen LogP contribution in [0.25, 0.3) is 11.3 Å². The minimum Gasteiger partial charge on any atom is -0.0859 e. The highest BCUT2D eigenvalue weighted by atomic mass is 15.3. The van der Waals surface area contributed by atoms with Gasteiger partial charge in [-0.3, -0.25) is 0 Å². The standard InChI is InChI=1S/C22H33N2/c1-11-19-16(7)18(9)23-24(10)22(19)21-15(6)13(4)14(5)20(12(2)3)17(21)8/h12H,11H2,1-10H3/q+1. The van der Waals surface area contributed by atoms with Crippen LogP contribution < -0.4 is 4.68 Å². The molecule has 0 aliphatic heterocycles. The molecule has 0 spiro atoms. The zero-order chi connectivity index (χ0) is 18.3. The SMILES string of the molecule is CCc1c(C)c(C)n[n+](C)c1-c1c(C)c(C)c(C)c(C(C)C)c1C. The Kier molecular flexibility index (Phi) is 5.17. The fraction of sp³-hybridized carbons (Fsp3) is 0.545. The molecule has 130 valence electrons. The quantitative estimate of drug-likeness (QED) is 0.717. The monoisotopic (exact) mass is 325 g/mol. The fourth-order valence-corrected chi connectivity index (χ4v) is 4.28. The van der Waals surface area contributed by atoms with Gasteiger partial charge in [-0.2, -0.15) is 0 Å². The van der Waals surface area contributed by atoms with Crippen molar-refractivity contribution in [3.8, 4) is 11.3 Å². The molecule has 0 unspecified atom stereocenters. The fourth-order valence-electron chi connectivity index (χ4n) is 4.28. The molecular weight excluding hydrogens is 292 g/mol. The molecule has 0 saturated heterocycles. The minimum atomic E-state index is 0.526. The van der Waals surface area contributed by atoms with E-state index in [1.165, 1.54) is 50.2 Å². The van der Waals surface area contributed by atoms with Crippen molar-refractivity contribution in [1.29, 1.82) is 0 Å². The largest absolute Gasteiger partial charge is 0.242 e. The van der Waals surface area contributed by atoms with Gasteiger partial charge in [0.1, 0.15) is 5.69 Å². The van der Waals surface area contributed by atoms with Gasteiger partial charge >= 0.3 is 0 Å². The summed E-state index contributed by atoms with van der Waals surface area (Å²) in [6.07, 6.45) is 1.03. The molecule has 2 heteroatoms. The van der Waals surface area contributed by atoms with Crippen LogP contribution in [0.5, 0.6) is 0 Å². The Morgan fingerprint density at radius 2 is 1.42 bits per heavy atom. The molecule has 0 radical (unpaired) electrons. The molecule has 0 aliphatic rings. The molecule has 1 heterocycles. The summed E-state index contributed by atoms with van der Waals surface area (Å²) in [4.78, 5) is 0. The number of nitrogens with zero attached hydrogens (tertiary/aromatic N) is 2. The average molecular weight is 326 g/mol. The van der Waals surface area contributed by atoms with Crippen molar-refractivity contribution in [3.05, 3.63) is 44.6 Å². The highest BCUT2D eigenvalue weighted by Crippen LogP contribution is 2.38. The summed E-state index contributed by atoms with van der Waals surface area (Å²) in [6, 6.07) is 0. The average Bonchev–Trinajstić information content (AvgIpc) is 2.50. The maximum absolute atomic E-state index is 4.78. The van der Waals surface area contributed by atoms with Crippen molar-refractivity contribution in [3.63, 3.8) is 0 Å². The van der Waals surface area contributed by atoms with Crippen LogP contribution in [0.1, 0.15) is 71.3 Å². The van der Waals surface area contributed by atoms with E-state index in [9.17, 15) is 0 Å². The van der Waals surface area contributed by atoms with E-state index < -0.39 is 0 Å². The molecule has 0 saturated carbocycles. The van der Waals surface area contributed by atoms with Crippen LogP contribution in [0.2, 0.25) is 0 Å². The summed E-state index contributed by atoms with van der Waals surface area (Å²) in [5, 5.41) is 4.78. The highest BCUT2D eigenvalue weighted by Gasteiger charge is 2.27. The highest BCUT2D eigenvalue weighted by molar-refractivity contribution is 5.73. The minimum absolute atomic E-state index is 0.526. The van der Waals surface area contributed by atoms with Gasteiger partial charge in [0.2, 0.25) is 5.69 Å². The number of aryl methyl sites for hydroxylation is 2.